The third-order valence-electron chi connectivity index (χ3n) is 4.30. The first-order valence-corrected chi connectivity index (χ1v) is 15.4. The Bertz CT molecular complexity index is 149. The maximum atomic E-state index is 5.80. The van der Waals surface area contributed by atoms with Gasteiger partial charge in [0.1, 0.15) is 0 Å². The van der Waals surface area contributed by atoms with Gasteiger partial charge in [0.25, 0.3) is 0 Å². The number of hydrogen-bond donors (Lipinski definition) is 0. The summed E-state index contributed by atoms with van der Waals surface area (Å²) in [7, 11) is 1.93. The Kier molecular flexibility index (Phi) is 11.1. The van der Waals surface area contributed by atoms with Crippen LogP contribution in [-0.4, -0.2) is 29.6 Å². The van der Waals surface area contributed by atoms with E-state index in [0.29, 0.717) is 4.12 Å². The average Bonchev–Trinajstić information content (AvgIpc) is 2.37. The summed E-state index contributed by atoms with van der Waals surface area (Å²) in [5.74, 6) is 0. The van der Waals surface area contributed by atoms with Gasteiger partial charge in [-0.05, 0) is 0 Å². The van der Waals surface area contributed by atoms with E-state index in [1.165, 1.54) is 38.5 Å². The van der Waals surface area contributed by atoms with Gasteiger partial charge in [-0.15, -0.1) is 0 Å². The van der Waals surface area contributed by atoms with Crippen molar-refractivity contribution in [3.8, 4) is 0 Å². The Morgan fingerprint density at radius 3 is 1.41 bits per heavy atom. The SMILES string of the molecule is CCC[CH2][Sn]([CH2]CCC)([CH2]CCC)[CH](C)OC. The quantitative estimate of drug-likeness (QED) is 0.453. The van der Waals surface area contributed by atoms with E-state index in [4.69, 9.17) is 4.74 Å². The molecule has 0 saturated carbocycles. The summed E-state index contributed by atoms with van der Waals surface area (Å²) in [5, 5.41) is 0. The van der Waals surface area contributed by atoms with Crippen molar-refractivity contribution in [3.63, 3.8) is 0 Å². The Morgan fingerprint density at radius 2 is 1.18 bits per heavy atom. The molecule has 0 fully saturated rings. The van der Waals surface area contributed by atoms with E-state index >= 15 is 0 Å². The fraction of sp³-hybridized carbons (Fsp3) is 1.00. The molecular formula is C15H34OSn. The second-order valence-corrected chi connectivity index (χ2v) is 19.9. The van der Waals surface area contributed by atoms with Crippen molar-refractivity contribution >= 4 is 18.4 Å². The van der Waals surface area contributed by atoms with Crippen LogP contribution >= 0.6 is 0 Å². The molecule has 0 aliphatic carbocycles. The molecule has 2 heteroatoms. The normalized spacial score (nSPS) is 13.9. The second kappa shape index (κ2) is 10.7. The van der Waals surface area contributed by atoms with Crippen LogP contribution < -0.4 is 0 Å². The molecule has 1 unspecified atom stereocenters. The van der Waals surface area contributed by atoms with E-state index in [2.05, 4.69) is 27.7 Å². The Balaban J connectivity index is 4.63. The Hall–Kier alpha value is 0.759. The summed E-state index contributed by atoms with van der Waals surface area (Å²) in [5.41, 5.74) is 0. The van der Waals surface area contributed by atoms with E-state index < -0.39 is 18.4 Å². The van der Waals surface area contributed by atoms with Gasteiger partial charge in [0, 0.05) is 0 Å². The van der Waals surface area contributed by atoms with Crippen molar-refractivity contribution in [1.82, 2.24) is 0 Å². The van der Waals surface area contributed by atoms with E-state index in [9.17, 15) is 0 Å². The predicted molar refractivity (Wildman–Crippen MR) is 81.4 cm³/mol. The first-order chi connectivity index (χ1) is 8.16. The summed E-state index contributed by atoms with van der Waals surface area (Å²) in [6.07, 6.45) is 8.39. The summed E-state index contributed by atoms with van der Waals surface area (Å²) in [6.45, 7) is 9.35. The fourth-order valence-electron chi connectivity index (χ4n) is 2.82. The zero-order chi connectivity index (χ0) is 13.1. The Morgan fingerprint density at radius 1 is 0.824 bits per heavy atom. The van der Waals surface area contributed by atoms with E-state index in [1.807, 2.05) is 7.11 Å². The van der Waals surface area contributed by atoms with Crippen LogP contribution in [0.5, 0.6) is 0 Å². The molecule has 0 amide bonds. The molecule has 0 saturated heterocycles. The minimum absolute atomic E-state index is 0.619. The molecule has 1 nitrogen and oxygen atoms in total. The molecule has 0 heterocycles. The zero-order valence-electron chi connectivity index (χ0n) is 12.8. The van der Waals surface area contributed by atoms with Crippen molar-refractivity contribution in [2.75, 3.05) is 7.11 Å². The molecule has 1 atom stereocenters. The van der Waals surface area contributed by atoms with Gasteiger partial charge in [-0.2, -0.15) is 0 Å². The van der Waals surface area contributed by atoms with Crippen LogP contribution in [-0.2, 0) is 4.74 Å². The number of ether oxygens (including phenoxy) is 1. The third-order valence-corrected chi connectivity index (χ3v) is 21.4. The summed E-state index contributed by atoms with van der Waals surface area (Å²) < 4.78 is 11.1. The van der Waals surface area contributed by atoms with Crippen LogP contribution in [0, 0.1) is 0 Å². The molecule has 104 valence electrons. The number of methoxy groups -OCH3 is 1. The van der Waals surface area contributed by atoms with Crippen LogP contribution in [0.1, 0.15) is 66.2 Å². The number of rotatable bonds is 11. The van der Waals surface area contributed by atoms with Crippen LogP contribution in [0.25, 0.3) is 0 Å². The van der Waals surface area contributed by atoms with Gasteiger partial charge in [0.2, 0.25) is 0 Å². The van der Waals surface area contributed by atoms with Gasteiger partial charge in [0.15, 0.2) is 0 Å². The van der Waals surface area contributed by atoms with Gasteiger partial charge in [0.05, 0.1) is 0 Å². The van der Waals surface area contributed by atoms with Gasteiger partial charge in [-0.1, -0.05) is 0 Å². The minimum atomic E-state index is -2.02. The van der Waals surface area contributed by atoms with Crippen molar-refractivity contribution in [1.29, 1.82) is 0 Å². The standard InChI is InChI=1S/3C4H9.C3H7O.Sn/c4*1-3-4-2;/h3*1,3-4H2,2H3;3H,1-2H3;. The molecule has 0 spiro atoms. The number of hydrogen-bond acceptors (Lipinski definition) is 1. The Labute approximate surface area is 114 Å². The van der Waals surface area contributed by atoms with Crippen molar-refractivity contribution < 1.29 is 4.74 Å². The molecule has 0 rings (SSSR count). The van der Waals surface area contributed by atoms with Gasteiger partial charge in [-0.3, -0.25) is 0 Å². The summed E-state index contributed by atoms with van der Waals surface area (Å²) in [4.78, 5) is 0. The molecule has 0 aliphatic rings. The molecule has 17 heavy (non-hydrogen) atoms. The number of unbranched alkanes of at least 4 members (excludes halogenated alkanes) is 3. The van der Waals surface area contributed by atoms with Crippen LogP contribution in [0.2, 0.25) is 13.3 Å². The van der Waals surface area contributed by atoms with Crippen molar-refractivity contribution in [2.24, 2.45) is 0 Å². The van der Waals surface area contributed by atoms with Crippen molar-refractivity contribution in [3.05, 3.63) is 0 Å². The summed E-state index contributed by atoms with van der Waals surface area (Å²) >= 11 is -2.02. The van der Waals surface area contributed by atoms with E-state index in [0.717, 1.165) is 0 Å². The first kappa shape index (κ1) is 17.8. The van der Waals surface area contributed by atoms with Crippen LogP contribution in [0.4, 0.5) is 0 Å². The van der Waals surface area contributed by atoms with Gasteiger partial charge in [-0.25, -0.2) is 0 Å². The first-order valence-electron chi connectivity index (χ1n) is 7.69. The average molecular weight is 349 g/mol. The summed E-state index contributed by atoms with van der Waals surface area (Å²) in [6, 6.07) is 0. The van der Waals surface area contributed by atoms with Gasteiger partial charge < -0.3 is 0 Å². The maximum absolute atomic E-state index is 5.80. The molecule has 0 bridgehead atoms. The molecule has 0 aromatic heterocycles. The third kappa shape index (κ3) is 6.47. The molecule has 0 radical (unpaired) electrons. The van der Waals surface area contributed by atoms with Crippen LogP contribution in [0.3, 0.4) is 0 Å². The van der Waals surface area contributed by atoms with E-state index in [-0.39, 0.29) is 0 Å². The van der Waals surface area contributed by atoms with Gasteiger partial charge >= 0.3 is 114 Å². The molecule has 0 aromatic rings. The fourth-order valence-corrected chi connectivity index (χ4v) is 18.9. The zero-order valence-corrected chi connectivity index (χ0v) is 15.7. The van der Waals surface area contributed by atoms with Crippen molar-refractivity contribution in [2.45, 2.75) is 83.6 Å². The monoisotopic (exact) mass is 350 g/mol. The topological polar surface area (TPSA) is 9.23 Å². The molecule has 0 N–H and O–H groups in total. The predicted octanol–water partition coefficient (Wildman–Crippen LogP) is 5.41. The van der Waals surface area contributed by atoms with E-state index in [1.54, 1.807) is 13.3 Å². The molecular weight excluding hydrogens is 315 g/mol. The molecule has 0 aromatic carbocycles. The van der Waals surface area contributed by atoms with Crippen LogP contribution in [0.15, 0.2) is 0 Å². The second-order valence-electron chi connectivity index (χ2n) is 5.55. The molecule has 0 aliphatic heterocycles.